The highest BCUT2D eigenvalue weighted by atomic mass is 32.2. The number of rotatable bonds is 4. The van der Waals surface area contributed by atoms with Crippen molar-refractivity contribution in [2.75, 3.05) is 13.1 Å². The predicted octanol–water partition coefficient (Wildman–Crippen LogP) is 1.11. The van der Waals surface area contributed by atoms with Crippen LogP contribution in [0.15, 0.2) is 0 Å². The molecule has 0 spiro atoms. The molecule has 0 amide bonds. The molecule has 1 rings (SSSR count). The van der Waals surface area contributed by atoms with Gasteiger partial charge in [0.05, 0.1) is 4.99 Å². The van der Waals surface area contributed by atoms with Crippen LogP contribution in [0.4, 0.5) is 0 Å². The molecule has 1 atom stereocenters. The van der Waals surface area contributed by atoms with Gasteiger partial charge in [-0.15, -0.1) is 0 Å². The Kier molecular flexibility index (Phi) is 4.70. The van der Waals surface area contributed by atoms with Crippen molar-refractivity contribution in [1.82, 2.24) is 4.31 Å². The van der Waals surface area contributed by atoms with Crippen LogP contribution in [-0.4, -0.2) is 36.1 Å². The number of thiocarbonyl (C=S) groups is 1. The second kappa shape index (κ2) is 5.42. The third kappa shape index (κ3) is 2.93. The quantitative estimate of drug-likeness (QED) is 0.773. The van der Waals surface area contributed by atoms with Crippen LogP contribution in [0.3, 0.4) is 0 Å². The normalized spacial score (nSPS) is 21.9. The van der Waals surface area contributed by atoms with E-state index in [0.29, 0.717) is 19.0 Å². The van der Waals surface area contributed by atoms with Gasteiger partial charge >= 0.3 is 0 Å². The molecule has 1 fully saturated rings. The van der Waals surface area contributed by atoms with Crippen molar-refractivity contribution < 1.29 is 8.42 Å². The molecule has 0 aromatic rings. The van der Waals surface area contributed by atoms with Gasteiger partial charge in [0.25, 0.3) is 0 Å². The zero-order valence-corrected chi connectivity index (χ0v) is 11.5. The molecular formula is C10H20N2O2S2. The third-order valence-corrected chi connectivity index (χ3v) is 6.09. The summed E-state index contributed by atoms with van der Waals surface area (Å²) in [5.74, 6) is 0.659. The topological polar surface area (TPSA) is 63.4 Å². The molecule has 2 N–H and O–H groups in total. The van der Waals surface area contributed by atoms with Crippen LogP contribution in [-0.2, 0) is 10.0 Å². The van der Waals surface area contributed by atoms with Crippen molar-refractivity contribution in [1.29, 1.82) is 0 Å². The second-order valence-electron chi connectivity index (χ2n) is 4.34. The van der Waals surface area contributed by atoms with Gasteiger partial charge in [-0.1, -0.05) is 25.6 Å². The molecule has 0 aliphatic carbocycles. The van der Waals surface area contributed by atoms with Crippen molar-refractivity contribution >= 4 is 27.2 Å². The molecule has 0 radical (unpaired) electrons. The van der Waals surface area contributed by atoms with Crippen LogP contribution < -0.4 is 5.73 Å². The first-order valence-electron chi connectivity index (χ1n) is 5.67. The van der Waals surface area contributed by atoms with E-state index < -0.39 is 15.3 Å². The minimum atomic E-state index is -3.33. The lowest BCUT2D eigenvalue weighted by Gasteiger charge is -2.32. The first kappa shape index (κ1) is 13.9. The Morgan fingerprint density at radius 3 is 2.38 bits per heavy atom. The van der Waals surface area contributed by atoms with E-state index in [9.17, 15) is 8.42 Å². The molecule has 16 heavy (non-hydrogen) atoms. The van der Waals surface area contributed by atoms with Crippen molar-refractivity contribution in [3.05, 3.63) is 0 Å². The Morgan fingerprint density at radius 2 is 2.00 bits per heavy atom. The number of hydrogen-bond acceptors (Lipinski definition) is 3. The van der Waals surface area contributed by atoms with Gasteiger partial charge in [0.2, 0.25) is 10.0 Å². The van der Waals surface area contributed by atoms with E-state index in [1.165, 1.54) is 4.31 Å². The van der Waals surface area contributed by atoms with E-state index in [0.717, 1.165) is 19.3 Å². The van der Waals surface area contributed by atoms with Crippen LogP contribution in [0.2, 0.25) is 0 Å². The minimum Gasteiger partial charge on any atom is -0.392 e. The Labute approximate surface area is 103 Å². The Bertz CT molecular complexity index is 346. The smallest absolute Gasteiger partial charge is 0.223 e. The van der Waals surface area contributed by atoms with Crippen LogP contribution >= 0.6 is 12.2 Å². The molecule has 94 valence electrons. The summed E-state index contributed by atoms with van der Waals surface area (Å²) in [6.45, 7) is 4.91. The standard InChI is InChI=1S/C10H20N2O2S2/c1-3-9-4-6-12(7-5-9)16(13,14)8(2)10(11)15/h8-9H,3-7H2,1-2H3,(H2,11,15). The van der Waals surface area contributed by atoms with E-state index in [4.69, 9.17) is 18.0 Å². The number of hydrogen-bond donors (Lipinski definition) is 1. The van der Waals surface area contributed by atoms with Gasteiger partial charge in [0.15, 0.2) is 0 Å². The van der Waals surface area contributed by atoms with Crippen LogP contribution in [0.25, 0.3) is 0 Å². The minimum absolute atomic E-state index is 0.0533. The summed E-state index contributed by atoms with van der Waals surface area (Å²) in [6, 6.07) is 0. The average Bonchev–Trinajstić information content (AvgIpc) is 2.28. The fourth-order valence-corrected chi connectivity index (χ4v) is 3.77. The fraction of sp³-hybridized carbons (Fsp3) is 0.900. The summed E-state index contributed by atoms with van der Waals surface area (Å²) in [7, 11) is -3.33. The highest BCUT2D eigenvalue weighted by Crippen LogP contribution is 2.23. The van der Waals surface area contributed by atoms with E-state index in [2.05, 4.69) is 6.92 Å². The predicted molar refractivity (Wildman–Crippen MR) is 69.8 cm³/mol. The largest absolute Gasteiger partial charge is 0.392 e. The van der Waals surface area contributed by atoms with Crippen molar-refractivity contribution in [3.8, 4) is 0 Å². The van der Waals surface area contributed by atoms with Crippen LogP contribution in [0.5, 0.6) is 0 Å². The summed E-state index contributed by atoms with van der Waals surface area (Å²) in [5, 5.41) is -0.749. The second-order valence-corrected chi connectivity index (χ2v) is 7.07. The van der Waals surface area contributed by atoms with E-state index >= 15 is 0 Å². The van der Waals surface area contributed by atoms with E-state index in [1.807, 2.05) is 0 Å². The van der Waals surface area contributed by atoms with E-state index in [-0.39, 0.29) is 4.99 Å². The summed E-state index contributed by atoms with van der Waals surface area (Å²) in [5.41, 5.74) is 5.41. The van der Waals surface area contributed by atoms with Crippen molar-refractivity contribution in [3.63, 3.8) is 0 Å². The SMILES string of the molecule is CCC1CCN(S(=O)(=O)C(C)C(N)=S)CC1. The lowest BCUT2D eigenvalue weighted by atomic mass is 9.96. The monoisotopic (exact) mass is 264 g/mol. The van der Waals surface area contributed by atoms with Gasteiger partial charge < -0.3 is 5.73 Å². The van der Waals surface area contributed by atoms with Gasteiger partial charge in [0.1, 0.15) is 5.25 Å². The molecule has 1 aliphatic heterocycles. The third-order valence-electron chi connectivity index (χ3n) is 3.36. The molecule has 0 saturated carbocycles. The molecular weight excluding hydrogens is 244 g/mol. The summed E-state index contributed by atoms with van der Waals surface area (Å²) in [6.07, 6.45) is 3.01. The maximum Gasteiger partial charge on any atom is 0.223 e. The molecule has 1 saturated heterocycles. The van der Waals surface area contributed by atoms with Gasteiger partial charge in [-0.2, -0.15) is 0 Å². The highest BCUT2D eigenvalue weighted by molar-refractivity contribution is 7.92. The number of sulfonamides is 1. The number of piperidine rings is 1. The lowest BCUT2D eigenvalue weighted by molar-refractivity contribution is 0.268. The van der Waals surface area contributed by atoms with Gasteiger partial charge in [-0.05, 0) is 25.7 Å². The summed E-state index contributed by atoms with van der Waals surface area (Å²) >= 11 is 4.75. The van der Waals surface area contributed by atoms with Gasteiger partial charge in [0, 0.05) is 13.1 Å². The molecule has 6 heteroatoms. The Balaban J connectivity index is 2.69. The number of nitrogens with two attached hydrogens (primary N) is 1. The number of nitrogens with zero attached hydrogens (tertiary/aromatic N) is 1. The zero-order valence-electron chi connectivity index (χ0n) is 9.85. The zero-order chi connectivity index (χ0) is 12.3. The van der Waals surface area contributed by atoms with E-state index in [1.54, 1.807) is 6.92 Å². The maximum absolute atomic E-state index is 12.1. The van der Waals surface area contributed by atoms with Crippen LogP contribution in [0.1, 0.15) is 33.1 Å². The maximum atomic E-state index is 12.1. The Hall–Kier alpha value is -0.200. The first-order chi connectivity index (χ1) is 7.39. The Morgan fingerprint density at radius 1 is 1.50 bits per heavy atom. The van der Waals surface area contributed by atoms with Gasteiger partial charge in [-0.3, -0.25) is 0 Å². The molecule has 0 bridgehead atoms. The molecule has 1 aliphatic rings. The molecule has 0 aromatic heterocycles. The van der Waals surface area contributed by atoms with Crippen LogP contribution in [0, 0.1) is 5.92 Å². The summed E-state index contributed by atoms with van der Waals surface area (Å²) in [4.78, 5) is 0.0533. The average molecular weight is 264 g/mol. The van der Waals surface area contributed by atoms with Crippen molar-refractivity contribution in [2.45, 2.75) is 38.4 Å². The first-order valence-corrected chi connectivity index (χ1v) is 7.59. The highest BCUT2D eigenvalue weighted by Gasteiger charge is 2.32. The molecule has 0 aromatic carbocycles. The molecule has 1 unspecified atom stereocenters. The molecule has 1 heterocycles. The molecule has 4 nitrogen and oxygen atoms in total. The summed E-state index contributed by atoms with van der Waals surface area (Å²) < 4.78 is 25.7. The fourth-order valence-electron chi connectivity index (χ4n) is 1.94. The van der Waals surface area contributed by atoms with Crippen molar-refractivity contribution in [2.24, 2.45) is 11.7 Å². The van der Waals surface area contributed by atoms with Gasteiger partial charge in [-0.25, -0.2) is 12.7 Å². The lowest BCUT2D eigenvalue weighted by Crippen LogP contribution is -2.46.